The molecule has 0 bridgehead atoms. The fraction of sp³-hybridized carbons (Fsp3) is 0.500. The Kier molecular flexibility index (Phi) is 5.51. The first-order valence-electron chi connectivity index (χ1n) is 8.65. The number of hydrogen-bond acceptors (Lipinski definition) is 4. The fourth-order valence-corrected chi connectivity index (χ4v) is 4.03. The second-order valence-corrected chi connectivity index (χ2v) is 7.05. The van der Waals surface area contributed by atoms with Gasteiger partial charge in [0.1, 0.15) is 6.10 Å². The van der Waals surface area contributed by atoms with E-state index in [-0.39, 0.29) is 24.4 Å². The summed E-state index contributed by atoms with van der Waals surface area (Å²) in [5, 5.41) is 39.9. The maximum absolute atomic E-state index is 10.4. The standard InChI is InChI=1S/C20H26O4/c21-12-16-11-17(19(23)20(24)18(16)22)15-8-4-7-14(10-15)9-13-5-2-1-3-6-13/h1-8,15-24H,9-12H2/t15?,16-,17+,18-,19+,20+/m1/s1. The van der Waals surface area contributed by atoms with Crippen LogP contribution in [0.2, 0.25) is 0 Å². The van der Waals surface area contributed by atoms with Gasteiger partial charge in [0.2, 0.25) is 0 Å². The number of aliphatic hydroxyl groups excluding tert-OH is 4. The molecule has 2 aliphatic rings. The van der Waals surface area contributed by atoms with Crippen LogP contribution in [0, 0.1) is 17.8 Å². The topological polar surface area (TPSA) is 80.9 Å². The van der Waals surface area contributed by atoms with Crippen LogP contribution in [0.15, 0.2) is 54.1 Å². The lowest BCUT2D eigenvalue weighted by atomic mass is 9.68. The van der Waals surface area contributed by atoms with Crippen LogP contribution >= 0.6 is 0 Å². The fourth-order valence-electron chi connectivity index (χ4n) is 4.03. The summed E-state index contributed by atoms with van der Waals surface area (Å²) in [6.07, 6.45) is 5.20. The zero-order valence-electron chi connectivity index (χ0n) is 13.7. The second kappa shape index (κ2) is 7.62. The average Bonchev–Trinajstić information content (AvgIpc) is 2.61. The summed E-state index contributed by atoms with van der Waals surface area (Å²) in [4.78, 5) is 0. The van der Waals surface area contributed by atoms with Crippen LogP contribution in [0.25, 0.3) is 0 Å². The third-order valence-corrected chi connectivity index (χ3v) is 5.44. The highest BCUT2D eigenvalue weighted by molar-refractivity contribution is 5.28. The van der Waals surface area contributed by atoms with E-state index in [1.165, 1.54) is 11.1 Å². The SMILES string of the molecule is OC[C@H]1C[C@@H](C2C=CC=C(Cc3ccccc3)C2)[C@H](O)[C@@H](O)[C@@H]1O. The molecule has 0 radical (unpaired) electrons. The number of aliphatic hydroxyl groups is 4. The number of allylic oxidation sites excluding steroid dienone is 4. The van der Waals surface area contributed by atoms with E-state index in [1.807, 2.05) is 24.3 Å². The molecule has 0 amide bonds. The van der Waals surface area contributed by atoms with E-state index >= 15 is 0 Å². The first kappa shape index (κ1) is 17.4. The molecular formula is C20H26O4. The van der Waals surface area contributed by atoms with Crippen molar-refractivity contribution in [1.29, 1.82) is 0 Å². The lowest BCUT2D eigenvalue weighted by molar-refractivity contribution is -0.148. The number of benzene rings is 1. The van der Waals surface area contributed by atoms with Gasteiger partial charge in [-0.3, -0.25) is 0 Å². The van der Waals surface area contributed by atoms with Gasteiger partial charge in [-0.1, -0.05) is 54.1 Å². The minimum Gasteiger partial charge on any atom is -0.396 e. The molecular weight excluding hydrogens is 304 g/mol. The van der Waals surface area contributed by atoms with Gasteiger partial charge in [0, 0.05) is 12.5 Å². The third-order valence-electron chi connectivity index (χ3n) is 5.44. The Hall–Kier alpha value is -1.46. The van der Waals surface area contributed by atoms with Gasteiger partial charge in [0.25, 0.3) is 0 Å². The van der Waals surface area contributed by atoms with Crippen LogP contribution in [0.1, 0.15) is 18.4 Å². The monoisotopic (exact) mass is 330 g/mol. The second-order valence-electron chi connectivity index (χ2n) is 7.05. The largest absolute Gasteiger partial charge is 0.396 e. The Morgan fingerprint density at radius 1 is 0.958 bits per heavy atom. The van der Waals surface area contributed by atoms with Crippen molar-refractivity contribution in [3.63, 3.8) is 0 Å². The van der Waals surface area contributed by atoms with Gasteiger partial charge in [-0.05, 0) is 36.7 Å². The van der Waals surface area contributed by atoms with Crippen LogP contribution < -0.4 is 0 Å². The number of rotatable bonds is 4. The molecule has 6 atom stereocenters. The van der Waals surface area contributed by atoms with Gasteiger partial charge in [-0.15, -0.1) is 0 Å². The summed E-state index contributed by atoms with van der Waals surface area (Å²) in [5.41, 5.74) is 2.55. The minimum absolute atomic E-state index is 0.111. The lowest BCUT2D eigenvalue weighted by Crippen LogP contribution is -2.53. The Morgan fingerprint density at radius 2 is 1.71 bits per heavy atom. The molecule has 1 aromatic rings. The number of hydrogen-bond donors (Lipinski definition) is 4. The molecule has 1 fully saturated rings. The molecule has 1 aromatic carbocycles. The normalized spacial score (nSPS) is 36.4. The molecule has 0 saturated heterocycles. The van der Waals surface area contributed by atoms with Crippen molar-refractivity contribution in [2.24, 2.45) is 17.8 Å². The van der Waals surface area contributed by atoms with Gasteiger partial charge in [0.15, 0.2) is 0 Å². The van der Waals surface area contributed by atoms with Gasteiger partial charge < -0.3 is 20.4 Å². The first-order chi connectivity index (χ1) is 11.6. The van der Waals surface area contributed by atoms with Crippen molar-refractivity contribution >= 4 is 0 Å². The molecule has 1 saturated carbocycles. The highest BCUT2D eigenvalue weighted by atomic mass is 16.4. The molecule has 0 heterocycles. The van der Waals surface area contributed by atoms with E-state index in [4.69, 9.17) is 0 Å². The van der Waals surface area contributed by atoms with Crippen molar-refractivity contribution in [3.05, 3.63) is 59.7 Å². The van der Waals surface area contributed by atoms with E-state index in [2.05, 4.69) is 24.3 Å². The summed E-state index contributed by atoms with van der Waals surface area (Å²) in [7, 11) is 0. The third kappa shape index (κ3) is 3.62. The zero-order valence-corrected chi connectivity index (χ0v) is 13.7. The summed E-state index contributed by atoms with van der Waals surface area (Å²) in [5.74, 6) is -0.429. The predicted molar refractivity (Wildman–Crippen MR) is 92.2 cm³/mol. The van der Waals surface area contributed by atoms with E-state index in [0.29, 0.717) is 6.42 Å². The first-order valence-corrected chi connectivity index (χ1v) is 8.65. The average molecular weight is 330 g/mol. The van der Waals surface area contributed by atoms with Gasteiger partial charge in [-0.2, -0.15) is 0 Å². The molecule has 130 valence electrons. The highest BCUT2D eigenvalue weighted by Crippen LogP contribution is 2.39. The molecule has 0 aliphatic heterocycles. The molecule has 4 nitrogen and oxygen atoms in total. The van der Waals surface area contributed by atoms with Crippen molar-refractivity contribution in [2.45, 2.75) is 37.6 Å². The quantitative estimate of drug-likeness (QED) is 0.673. The smallest absolute Gasteiger partial charge is 0.106 e. The Balaban J connectivity index is 1.69. The zero-order chi connectivity index (χ0) is 17.1. The molecule has 0 spiro atoms. The lowest BCUT2D eigenvalue weighted by Gasteiger charge is -2.43. The summed E-state index contributed by atoms with van der Waals surface area (Å²) in [6, 6.07) is 10.3. The van der Waals surface area contributed by atoms with E-state index in [1.54, 1.807) is 0 Å². The predicted octanol–water partition coefficient (Wildman–Crippen LogP) is 1.44. The van der Waals surface area contributed by atoms with Crippen molar-refractivity contribution in [1.82, 2.24) is 0 Å². The highest BCUT2D eigenvalue weighted by Gasteiger charge is 2.44. The molecule has 4 heteroatoms. The Labute approximate surface area is 142 Å². The summed E-state index contributed by atoms with van der Waals surface area (Å²) < 4.78 is 0. The van der Waals surface area contributed by atoms with Crippen LogP contribution in [0.5, 0.6) is 0 Å². The minimum atomic E-state index is -1.20. The van der Waals surface area contributed by atoms with E-state index < -0.39 is 18.3 Å². The van der Waals surface area contributed by atoms with E-state index in [0.717, 1.165) is 12.8 Å². The maximum Gasteiger partial charge on any atom is 0.106 e. The molecule has 1 unspecified atom stereocenters. The molecule has 24 heavy (non-hydrogen) atoms. The Bertz CT molecular complexity index is 593. The van der Waals surface area contributed by atoms with E-state index in [9.17, 15) is 20.4 Å². The molecule has 3 rings (SSSR count). The summed E-state index contributed by atoms with van der Waals surface area (Å²) in [6.45, 7) is -0.176. The van der Waals surface area contributed by atoms with Crippen LogP contribution in [-0.4, -0.2) is 45.3 Å². The van der Waals surface area contributed by atoms with Crippen molar-refractivity contribution < 1.29 is 20.4 Å². The van der Waals surface area contributed by atoms with Crippen molar-refractivity contribution in [2.75, 3.05) is 6.61 Å². The maximum atomic E-state index is 10.4. The van der Waals surface area contributed by atoms with Gasteiger partial charge in [-0.25, -0.2) is 0 Å². The van der Waals surface area contributed by atoms with Crippen LogP contribution in [0.4, 0.5) is 0 Å². The van der Waals surface area contributed by atoms with Gasteiger partial charge in [0.05, 0.1) is 12.2 Å². The van der Waals surface area contributed by atoms with Crippen LogP contribution in [-0.2, 0) is 6.42 Å². The molecule has 0 aromatic heterocycles. The molecule has 4 N–H and O–H groups in total. The molecule has 2 aliphatic carbocycles. The van der Waals surface area contributed by atoms with Crippen molar-refractivity contribution in [3.8, 4) is 0 Å². The Morgan fingerprint density at radius 3 is 2.42 bits per heavy atom. The van der Waals surface area contributed by atoms with Crippen LogP contribution in [0.3, 0.4) is 0 Å². The van der Waals surface area contributed by atoms with Gasteiger partial charge >= 0.3 is 0 Å². The summed E-state index contributed by atoms with van der Waals surface area (Å²) >= 11 is 0.